The summed E-state index contributed by atoms with van der Waals surface area (Å²) < 4.78 is 6.30. The van der Waals surface area contributed by atoms with Gasteiger partial charge in [0.1, 0.15) is 5.60 Å². The highest BCUT2D eigenvalue weighted by Crippen LogP contribution is 2.13. The fraction of sp³-hybridized carbons (Fsp3) is 0.400. The summed E-state index contributed by atoms with van der Waals surface area (Å²) in [6.45, 7) is 6.09. The Morgan fingerprint density at radius 1 is 1.42 bits per heavy atom. The lowest BCUT2D eigenvalue weighted by atomic mass is 10.2. The van der Waals surface area contributed by atoms with E-state index in [-0.39, 0.29) is 6.09 Å². The summed E-state index contributed by atoms with van der Waals surface area (Å²) in [5.41, 5.74) is 0.631. The van der Waals surface area contributed by atoms with Gasteiger partial charge in [0.15, 0.2) is 0 Å². The van der Waals surface area contributed by atoms with Crippen molar-refractivity contribution in [3.05, 3.63) is 40.4 Å². The SMILES string of the molecule is CN(C/C=C/c1cccc(Br)c1)C(=O)OC(C)(C)C. The first-order chi connectivity index (χ1) is 8.78. The van der Waals surface area contributed by atoms with Crippen molar-refractivity contribution in [2.75, 3.05) is 13.6 Å². The molecular formula is C15H20BrNO2. The maximum absolute atomic E-state index is 11.7. The first-order valence-corrected chi connectivity index (χ1v) is 6.93. The molecular weight excluding hydrogens is 306 g/mol. The van der Waals surface area contributed by atoms with Gasteiger partial charge in [-0.25, -0.2) is 4.79 Å². The summed E-state index contributed by atoms with van der Waals surface area (Å²) in [5, 5.41) is 0. The number of amides is 1. The van der Waals surface area contributed by atoms with Gasteiger partial charge in [-0.05, 0) is 38.5 Å². The van der Waals surface area contributed by atoms with Crippen molar-refractivity contribution < 1.29 is 9.53 Å². The molecule has 0 aliphatic carbocycles. The van der Waals surface area contributed by atoms with Crippen molar-refractivity contribution in [1.82, 2.24) is 4.90 Å². The molecule has 0 saturated carbocycles. The molecule has 0 atom stereocenters. The van der Waals surface area contributed by atoms with Gasteiger partial charge in [-0.15, -0.1) is 0 Å². The van der Waals surface area contributed by atoms with Crippen LogP contribution in [0, 0.1) is 0 Å². The second kappa shape index (κ2) is 6.75. The van der Waals surface area contributed by atoms with Gasteiger partial charge in [-0.1, -0.05) is 40.2 Å². The lowest BCUT2D eigenvalue weighted by Crippen LogP contribution is -2.34. The van der Waals surface area contributed by atoms with Crippen LogP contribution in [0.5, 0.6) is 0 Å². The molecule has 0 spiro atoms. The molecule has 4 heteroatoms. The van der Waals surface area contributed by atoms with E-state index < -0.39 is 5.60 Å². The molecule has 0 radical (unpaired) electrons. The minimum atomic E-state index is -0.459. The van der Waals surface area contributed by atoms with E-state index in [1.165, 1.54) is 0 Å². The number of hydrogen-bond donors (Lipinski definition) is 0. The van der Waals surface area contributed by atoms with E-state index in [1.54, 1.807) is 11.9 Å². The summed E-state index contributed by atoms with van der Waals surface area (Å²) in [7, 11) is 1.72. The molecule has 0 aromatic heterocycles. The quantitative estimate of drug-likeness (QED) is 0.827. The van der Waals surface area contributed by atoms with Crippen molar-refractivity contribution >= 4 is 28.1 Å². The smallest absolute Gasteiger partial charge is 0.410 e. The molecule has 104 valence electrons. The highest BCUT2D eigenvalue weighted by Gasteiger charge is 2.18. The van der Waals surface area contributed by atoms with E-state index in [1.807, 2.05) is 57.2 Å². The van der Waals surface area contributed by atoms with Gasteiger partial charge in [-0.3, -0.25) is 0 Å². The van der Waals surface area contributed by atoms with Crippen LogP contribution >= 0.6 is 15.9 Å². The molecule has 0 heterocycles. The van der Waals surface area contributed by atoms with Gasteiger partial charge in [-0.2, -0.15) is 0 Å². The van der Waals surface area contributed by atoms with Crippen molar-refractivity contribution in [1.29, 1.82) is 0 Å². The number of halogens is 1. The average Bonchev–Trinajstić information content (AvgIpc) is 2.26. The Bertz CT molecular complexity index is 463. The average molecular weight is 326 g/mol. The fourth-order valence-corrected chi connectivity index (χ4v) is 1.79. The van der Waals surface area contributed by atoms with Crippen LogP contribution in [0.25, 0.3) is 6.08 Å². The minimum Gasteiger partial charge on any atom is -0.444 e. The molecule has 3 nitrogen and oxygen atoms in total. The maximum atomic E-state index is 11.7. The second-order valence-corrected chi connectivity index (χ2v) is 6.23. The van der Waals surface area contributed by atoms with Crippen molar-refractivity contribution in [3.63, 3.8) is 0 Å². The van der Waals surface area contributed by atoms with Crippen LogP contribution in [0.2, 0.25) is 0 Å². The van der Waals surface area contributed by atoms with E-state index in [9.17, 15) is 4.79 Å². The Kier molecular flexibility index (Phi) is 5.60. The van der Waals surface area contributed by atoms with Gasteiger partial charge < -0.3 is 9.64 Å². The number of carbonyl (C=O) groups excluding carboxylic acids is 1. The Morgan fingerprint density at radius 2 is 2.11 bits per heavy atom. The monoisotopic (exact) mass is 325 g/mol. The normalized spacial score (nSPS) is 11.6. The topological polar surface area (TPSA) is 29.5 Å². The van der Waals surface area contributed by atoms with Crippen molar-refractivity contribution in [2.24, 2.45) is 0 Å². The number of hydrogen-bond acceptors (Lipinski definition) is 2. The number of ether oxygens (including phenoxy) is 1. The third-order valence-corrected chi connectivity index (χ3v) is 2.74. The van der Waals surface area contributed by atoms with Crippen LogP contribution in [0.3, 0.4) is 0 Å². The van der Waals surface area contributed by atoms with Crippen LogP contribution in [0.4, 0.5) is 4.79 Å². The van der Waals surface area contributed by atoms with Crippen LogP contribution in [0.1, 0.15) is 26.3 Å². The van der Waals surface area contributed by atoms with Gasteiger partial charge in [0.2, 0.25) is 0 Å². The molecule has 0 unspecified atom stereocenters. The molecule has 1 aromatic carbocycles. The zero-order valence-corrected chi connectivity index (χ0v) is 13.4. The molecule has 1 rings (SSSR count). The molecule has 0 aliphatic rings. The standard InChI is InChI=1S/C15H20BrNO2/c1-15(2,3)19-14(18)17(4)10-6-8-12-7-5-9-13(16)11-12/h5-9,11H,10H2,1-4H3/b8-6+. The molecule has 19 heavy (non-hydrogen) atoms. The van der Waals surface area contributed by atoms with Crippen LogP contribution < -0.4 is 0 Å². The molecule has 1 amide bonds. The van der Waals surface area contributed by atoms with Gasteiger partial charge in [0.25, 0.3) is 0 Å². The molecule has 0 aliphatic heterocycles. The summed E-state index contributed by atoms with van der Waals surface area (Å²) in [5.74, 6) is 0. The lowest BCUT2D eigenvalue weighted by molar-refractivity contribution is 0.0318. The van der Waals surface area contributed by atoms with Gasteiger partial charge >= 0.3 is 6.09 Å². The third-order valence-electron chi connectivity index (χ3n) is 2.24. The van der Waals surface area contributed by atoms with Gasteiger partial charge in [0, 0.05) is 18.1 Å². The molecule has 0 fully saturated rings. The predicted molar refractivity (Wildman–Crippen MR) is 82.0 cm³/mol. The summed E-state index contributed by atoms with van der Waals surface area (Å²) in [6.07, 6.45) is 3.60. The van der Waals surface area contributed by atoms with E-state index in [0.29, 0.717) is 6.54 Å². The number of rotatable bonds is 3. The first-order valence-electron chi connectivity index (χ1n) is 6.14. The number of nitrogens with zero attached hydrogens (tertiary/aromatic N) is 1. The summed E-state index contributed by atoms with van der Waals surface area (Å²) in [6, 6.07) is 7.98. The van der Waals surface area contributed by atoms with Gasteiger partial charge in [0.05, 0.1) is 0 Å². The van der Waals surface area contributed by atoms with Crippen molar-refractivity contribution in [2.45, 2.75) is 26.4 Å². The van der Waals surface area contributed by atoms with Crippen molar-refractivity contribution in [3.8, 4) is 0 Å². The number of carbonyl (C=O) groups is 1. The minimum absolute atomic E-state index is 0.314. The van der Waals surface area contributed by atoms with E-state index in [0.717, 1.165) is 10.0 Å². The maximum Gasteiger partial charge on any atom is 0.410 e. The highest BCUT2D eigenvalue weighted by molar-refractivity contribution is 9.10. The predicted octanol–water partition coefficient (Wildman–Crippen LogP) is 4.33. The van der Waals surface area contributed by atoms with E-state index in [4.69, 9.17) is 4.74 Å². The van der Waals surface area contributed by atoms with Crippen LogP contribution in [-0.4, -0.2) is 30.2 Å². The Hall–Kier alpha value is -1.29. The Labute approximate surface area is 123 Å². The van der Waals surface area contributed by atoms with E-state index in [2.05, 4.69) is 15.9 Å². The zero-order chi connectivity index (χ0) is 14.5. The zero-order valence-electron chi connectivity index (χ0n) is 11.8. The van der Waals surface area contributed by atoms with Crippen LogP contribution in [-0.2, 0) is 4.74 Å². The molecule has 1 aromatic rings. The largest absolute Gasteiger partial charge is 0.444 e. The molecule has 0 saturated heterocycles. The second-order valence-electron chi connectivity index (χ2n) is 5.32. The highest BCUT2D eigenvalue weighted by atomic mass is 79.9. The lowest BCUT2D eigenvalue weighted by Gasteiger charge is -2.23. The summed E-state index contributed by atoms with van der Waals surface area (Å²) >= 11 is 3.42. The van der Waals surface area contributed by atoms with Crippen LogP contribution in [0.15, 0.2) is 34.8 Å². The molecule has 0 bridgehead atoms. The third kappa shape index (κ3) is 6.43. The van der Waals surface area contributed by atoms with E-state index >= 15 is 0 Å². The fourth-order valence-electron chi connectivity index (χ4n) is 1.37. The molecule has 0 N–H and O–H groups in total. The summed E-state index contributed by atoms with van der Waals surface area (Å²) in [4.78, 5) is 13.3. The Balaban J connectivity index is 2.50. The number of benzene rings is 1. The Morgan fingerprint density at radius 3 is 2.68 bits per heavy atom. The first kappa shape index (κ1) is 15.8. The number of likely N-dealkylation sites (N-methyl/N-ethyl adjacent to an activating group) is 1.